The van der Waals surface area contributed by atoms with Gasteiger partial charge in [-0.25, -0.2) is 0 Å². The molecule has 0 saturated heterocycles. The molecule has 0 aromatic heterocycles. The molecule has 0 bridgehead atoms. The summed E-state index contributed by atoms with van der Waals surface area (Å²) in [4.78, 5) is 4.35. The molecule has 1 aliphatic rings. The quantitative estimate of drug-likeness (QED) is 0.733. The van der Waals surface area contributed by atoms with Crippen LogP contribution in [-0.4, -0.2) is 37.2 Å². The average Bonchev–Trinajstić information content (AvgIpc) is 2.58. The lowest BCUT2D eigenvalue weighted by Gasteiger charge is -2.17. The maximum absolute atomic E-state index is 5.14. The van der Waals surface area contributed by atoms with Crippen molar-refractivity contribution >= 4 is 16.9 Å². The maximum atomic E-state index is 5.14. The lowest BCUT2D eigenvalue weighted by molar-refractivity contribution is 0.170. The monoisotopic (exact) mass is 202 g/mol. The first kappa shape index (κ1) is 10.9. The lowest BCUT2D eigenvalue weighted by atomic mass is 10.2. The van der Waals surface area contributed by atoms with Gasteiger partial charge in [0.15, 0.2) is 5.17 Å². The van der Waals surface area contributed by atoms with Crippen LogP contribution in [-0.2, 0) is 4.74 Å². The van der Waals surface area contributed by atoms with Crippen molar-refractivity contribution in [3.8, 4) is 0 Å². The van der Waals surface area contributed by atoms with E-state index in [0.717, 1.165) is 30.5 Å². The molecule has 13 heavy (non-hydrogen) atoms. The smallest absolute Gasteiger partial charge is 0.156 e. The number of hydrogen-bond acceptors (Lipinski definition) is 4. The van der Waals surface area contributed by atoms with E-state index in [1.165, 1.54) is 6.42 Å². The topological polar surface area (TPSA) is 33.6 Å². The van der Waals surface area contributed by atoms with Crippen molar-refractivity contribution in [3.63, 3.8) is 0 Å². The van der Waals surface area contributed by atoms with Crippen LogP contribution in [0.2, 0.25) is 0 Å². The standard InChI is InChI=1S/C9H18N2OS/c1-3-4-8(7-12-2)11-9-10-5-6-13-9/h8H,3-7H2,1-2H3,(H,10,11). The Kier molecular flexibility index (Phi) is 5.23. The molecule has 4 heteroatoms. The molecule has 0 amide bonds. The van der Waals surface area contributed by atoms with Gasteiger partial charge in [-0.15, -0.1) is 0 Å². The van der Waals surface area contributed by atoms with Crippen LogP contribution >= 0.6 is 11.8 Å². The van der Waals surface area contributed by atoms with Gasteiger partial charge in [-0.3, -0.25) is 4.99 Å². The summed E-state index contributed by atoms with van der Waals surface area (Å²) in [6.07, 6.45) is 2.33. The minimum absolute atomic E-state index is 0.430. The minimum atomic E-state index is 0.430. The summed E-state index contributed by atoms with van der Waals surface area (Å²) in [6, 6.07) is 0.430. The van der Waals surface area contributed by atoms with Crippen LogP contribution in [0.4, 0.5) is 0 Å². The third-order valence-electron chi connectivity index (χ3n) is 1.92. The summed E-state index contributed by atoms with van der Waals surface area (Å²) in [5.41, 5.74) is 0. The van der Waals surface area contributed by atoms with Gasteiger partial charge in [-0.1, -0.05) is 25.1 Å². The number of methoxy groups -OCH3 is 1. The predicted octanol–water partition coefficient (Wildman–Crippen LogP) is 1.49. The first-order chi connectivity index (χ1) is 6.36. The molecule has 1 heterocycles. The SMILES string of the molecule is CCCC(COC)NC1=NCCS1. The van der Waals surface area contributed by atoms with Gasteiger partial charge in [0.1, 0.15) is 0 Å². The Morgan fingerprint density at radius 3 is 3.08 bits per heavy atom. The normalized spacial score (nSPS) is 18.5. The highest BCUT2D eigenvalue weighted by Gasteiger charge is 2.12. The molecule has 1 rings (SSSR count). The highest BCUT2D eigenvalue weighted by molar-refractivity contribution is 8.14. The zero-order valence-corrected chi connectivity index (χ0v) is 9.19. The Morgan fingerprint density at radius 2 is 2.54 bits per heavy atom. The number of thioether (sulfide) groups is 1. The van der Waals surface area contributed by atoms with Crippen molar-refractivity contribution < 1.29 is 4.74 Å². The zero-order chi connectivity index (χ0) is 9.52. The molecule has 0 saturated carbocycles. The second-order valence-corrected chi connectivity index (χ2v) is 4.20. The molecular formula is C9H18N2OS. The maximum Gasteiger partial charge on any atom is 0.156 e. The fourth-order valence-corrected chi connectivity index (χ4v) is 2.15. The molecule has 1 unspecified atom stereocenters. The number of nitrogens with one attached hydrogen (secondary N) is 1. The van der Waals surface area contributed by atoms with Crippen molar-refractivity contribution in [1.82, 2.24) is 5.32 Å². The van der Waals surface area contributed by atoms with Gasteiger partial charge in [0.05, 0.1) is 19.2 Å². The summed E-state index contributed by atoms with van der Waals surface area (Å²) >= 11 is 1.81. The Bertz CT molecular complexity index is 167. The third-order valence-corrected chi connectivity index (χ3v) is 2.83. The Hall–Kier alpha value is -0.220. The van der Waals surface area contributed by atoms with Gasteiger partial charge in [-0.2, -0.15) is 0 Å². The summed E-state index contributed by atoms with van der Waals surface area (Å²) in [5.74, 6) is 1.12. The third kappa shape index (κ3) is 4.00. The van der Waals surface area contributed by atoms with E-state index >= 15 is 0 Å². The first-order valence-corrected chi connectivity index (χ1v) is 5.78. The molecule has 1 aliphatic heterocycles. The van der Waals surface area contributed by atoms with Crippen molar-refractivity contribution in [1.29, 1.82) is 0 Å². The van der Waals surface area contributed by atoms with Crippen LogP contribution in [0.3, 0.4) is 0 Å². The number of rotatable bonds is 5. The number of nitrogens with zero attached hydrogens (tertiary/aromatic N) is 1. The van der Waals surface area contributed by atoms with Crippen LogP contribution in [0.1, 0.15) is 19.8 Å². The van der Waals surface area contributed by atoms with Crippen LogP contribution < -0.4 is 5.32 Å². The van der Waals surface area contributed by atoms with E-state index in [4.69, 9.17) is 4.74 Å². The van der Waals surface area contributed by atoms with E-state index in [0.29, 0.717) is 6.04 Å². The van der Waals surface area contributed by atoms with E-state index < -0.39 is 0 Å². The molecular weight excluding hydrogens is 184 g/mol. The highest BCUT2D eigenvalue weighted by Crippen LogP contribution is 2.10. The molecule has 1 atom stereocenters. The number of ether oxygens (including phenoxy) is 1. The van der Waals surface area contributed by atoms with E-state index in [-0.39, 0.29) is 0 Å². The van der Waals surface area contributed by atoms with Crippen LogP contribution in [0, 0.1) is 0 Å². The van der Waals surface area contributed by atoms with Gasteiger partial charge < -0.3 is 10.1 Å². The Labute approximate surface area is 84.3 Å². The average molecular weight is 202 g/mol. The second-order valence-electron chi connectivity index (χ2n) is 3.12. The molecule has 3 nitrogen and oxygen atoms in total. The molecule has 0 aromatic rings. The number of hydrogen-bond donors (Lipinski definition) is 1. The van der Waals surface area contributed by atoms with Crippen molar-refractivity contribution in [2.75, 3.05) is 26.0 Å². The molecule has 0 spiro atoms. The van der Waals surface area contributed by atoms with Crippen LogP contribution in [0.15, 0.2) is 4.99 Å². The summed E-state index contributed by atoms with van der Waals surface area (Å²) in [5, 5.41) is 4.50. The largest absolute Gasteiger partial charge is 0.383 e. The fraction of sp³-hybridized carbons (Fsp3) is 0.889. The van der Waals surface area contributed by atoms with Crippen molar-refractivity contribution in [2.45, 2.75) is 25.8 Å². The van der Waals surface area contributed by atoms with Crippen molar-refractivity contribution in [3.05, 3.63) is 0 Å². The molecule has 0 radical (unpaired) electrons. The first-order valence-electron chi connectivity index (χ1n) is 4.79. The summed E-state index contributed by atoms with van der Waals surface area (Å²) in [6.45, 7) is 3.92. The number of amidine groups is 1. The zero-order valence-electron chi connectivity index (χ0n) is 8.38. The molecule has 0 aromatic carbocycles. The molecule has 0 aliphatic carbocycles. The second kappa shape index (κ2) is 6.27. The van der Waals surface area contributed by atoms with Crippen LogP contribution in [0.25, 0.3) is 0 Å². The van der Waals surface area contributed by atoms with Gasteiger partial charge in [-0.05, 0) is 6.42 Å². The highest BCUT2D eigenvalue weighted by atomic mass is 32.2. The Balaban J connectivity index is 2.27. The van der Waals surface area contributed by atoms with Crippen LogP contribution in [0.5, 0.6) is 0 Å². The van der Waals surface area contributed by atoms with Crippen molar-refractivity contribution in [2.24, 2.45) is 4.99 Å². The minimum Gasteiger partial charge on any atom is -0.383 e. The van der Waals surface area contributed by atoms with E-state index in [1.54, 1.807) is 18.9 Å². The van der Waals surface area contributed by atoms with E-state index in [2.05, 4.69) is 17.2 Å². The summed E-state index contributed by atoms with van der Waals surface area (Å²) in [7, 11) is 1.74. The van der Waals surface area contributed by atoms with Gasteiger partial charge in [0.2, 0.25) is 0 Å². The summed E-state index contributed by atoms with van der Waals surface area (Å²) < 4.78 is 5.14. The van der Waals surface area contributed by atoms with E-state index in [1.807, 2.05) is 0 Å². The van der Waals surface area contributed by atoms with Gasteiger partial charge >= 0.3 is 0 Å². The van der Waals surface area contributed by atoms with Gasteiger partial charge in [0, 0.05) is 12.9 Å². The molecule has 76 valence electrons. The Morgan fingerprint density at radius 1 is 1.69 bits per heavy atom. The predicted molar refractivity (Wildman–Crippen MR) is 58.5 cm³/mol. The van der Waals surface area contributed by atoms with E-state index in [9.17, 15) is 0 Å². The molecule has 1 N–H and O–H groups in total. The number of aliphatic imine (C=N–C) groups is 1. The molecule has 0 fully saturated rings. The fourth-order valence-electron chi connectivity index (χ4n) is 1.34. The lowest BCUT2D eigenvalue weighted by Crippen LogP contribution is -2.35. The van der Waals surface area contributed by atoms with Gasteiger partial charge in [0.25, 0.3) is 0 Å².